The number of rotatable bonds is 5. The lowest BCUT2D eigenvalue weighted by molar-refractivity contribution is -0.109. The molecule has 8 heteroatoms. The van der Waals surface area contributed by atoms with E-state index in [1.54, 1.807) is 0 Å². The number of carboxylic acid groups (broad SMARTS) is 1. The largest absolute Gasteiger partial charge is 0.478 e. The van der Waals surface area contributed by atoms with E-state index in [0.717, 1.165) is 17.8 Å². The molecule has 1 heterocycles. The Labute approximate surface area is 118 Å². The monoisotopic (exact) mass is 305 g/mol. The zero-order valence-electron chi connectivity index (χ0n) is 9.91. The smallest absolute Gasteiger partial charge is 0.338 e. The van der Waals surface area contributed by atoms with Gasteiger partial charge in [-0.05, 0) is 6.07 Å². The van der Waals surface area contributed by atoms with Gasteiger partial charge in [-0.2, -0.15) is 0 Å². The van der Waals surface area contributed by atoms with Crippen LogP contribution in [0.25, 0.3) is 0 Å². The van der Waals surface area contributed by atoms with E-state index in [-0.39, 0.29) is 27.1 Å². The first-order valence-electron chi connectivity index (χ1n) is 5.21. The number of thioether (sulfide) groups is 1. The second-order valence-corrected chi connectivity index (χ2v) is 5.28. The standard InChI is InChI=1S/C11H12ClNO5S/c1-5(14)19-4-8(15)9(16)6-2-7(11(17)18)10(12)13-3-6/h2-3,8-9,15-16H,4H2,1H3,(H,17,18). The number of nitrogens with zero attached hydrogens (tertiary/aromatic N) is 1. The highest BCUT2D eigenvalue weighted by Gasteiger charge is 2.22. The van der Waals surface area contributed by atoms with Gasteiger partial charge < -0.3 is 15.3 Å². The van der Waals surface area contributed by atoms with Crippen molar-refractivity contribution in [1.29, 1.82) is 0 Å². The van der Waals surface area contributed by atoms with Crippen LogP contribution < -0.4 is 0 Å². The number of hydrogen-bond acceptors (Lipinski definition) is 6. The van der Waals surface area contributed by atoms with Gasteiger partial charge in [0.05, 0.1) is 11.7 Å². The molecule has 0 aliphatic carbocycles. The molecule has 2 unspecified atom stereocenters. The van der Waals surface area contributed by atoms with Gasteiger partial charge in [0.15, 0.2) is 5.12 Å². The lowest BCUT2D eigenvalue weighted by Crippen LogP contribution is -2.22. The summed E-state index contributed by atoms with van der Waals surface area (Å²) < 4.78 is 0. The number of carboxylic acids is 1. The summed E-state index contributed by atoms with van der Waals surface area (Å²) in [5, 5.41) is 28.0. The van der Waals surface area contributed by atoms with Gasteiger partial charge in [0, 0.05) is 24.4 Å². The molecule has 0 spiro atoms. The molecule has 0 saturated carbocycles. The highest BCUT2D eigenvalue weighted by atomic mass is 35.5. The van der Waals surface area contributed by atoms with Crippen LogP contribution in [0.3, 0.4) is 0 Å². The van der Waals surface area contributed by atoms with Crippen molar-refractivity contribution in [3.8, 4) is 0 Å². The first-order valence-corrected chi connectivity index (χ1v) is 6.57. The molecule has 2 atom stereocenters. The fourth-order valence-electron chi connectivity index (χ4n) is 1.29. The molecule has 0 saturated heterocycles. The van der Waals surface area contributed by atoms with Crippen LogP contribution in [0.2, 0.25) is 5.15 Å². The molecule has 0 aromatic carbocycles. The van der Waals surface area contributed by atoms with Gasteiger partial charge in [-0.15, -0.1) is 0 Å². The fourth-order valence-corrected chi connectivity index (χ4v) is 2.06. The Morgan fingerprint density at radius 3 is 2.63 bits per heavy atom. The fraction of sp³-hybridized carbons (Fsp3) is 0.364. The van der Waals surface area contributed by atoms with Crippen LogP contribution in [0, 0.1) is 0 Å². The van der Waals surface area contributed by atoms with Crippen molar-refractivity contribution in [3.05, 3.63) is 28.5 Å². The lowest BCUT2D eigenvalue weighted by atomic mass is 10.1. The molecule has 0 amide bonds. The Bertz CT molecular complexity index is 496. The summed E-state index contributed by atoms with van der Waals surface area (Å²) in [5.41, 5.74) is -0.136. The lowest BCUT2D eigenvalue weighted by Gasteiger charge is -2.17. The van der Waals surface area contributed by atoms with Crippen LogP contribution in [0.15, 0.2) is 12.3 Å². The van der Waals surface area contributed by atoms with Crippen molar-refractivity contribution in [3.63, 3.8) is 0 Å². The van der Waals surface area contributed by atoms with Crippen LogP contribution in [-0.4, -0.2) is 43.2 Å². The number of halogens is 1. The van der Waals surface area contributed by atoms with E-state index in [1.165, 1.54) is 13.1 Å². The summed E-state index contributed by atoms with van der Waals surface area (Å²) in [6.07, 6.45) is -1.37. The predicted octanol–water partition coefficient (Wildman–Crippen LogP) is 1.11. The zero-order valence-corrected chi connectivity index (χ0v) is 11.5. The molecule has 0 aliphatic rings. The molecule has 19 heavy (non-hydrogen) atoms. The van der Waals surface area contributed by atoms with Crippen molar-refractivity contribution in [2.75, 3.05) is 5.75 Å². The quantitative estimate of drug-likeness (QED) is 0.699. The summed E-state index contributed by atoms with van der Waals surface area (Å²) in [5.74, 6) is -1.28. The van der Waals surface area contributed by atoms with E-state index in [4.69, 9.17) is 16.7 Å². The number of aromatic nitrogens is 1. The average molecular weight is 306 g/mol. The molecule has 6 nitrogen and oxygen atoms in total. The van der Waals surface area contributed by atoms with Crippen LogP contribution in [-0.2, 0) is 4.79 Å². The maximum absolute atomic E-state index is 10.9. The maximum Gasteiger partial charge on any atom is 0.338 e. The summed E-state index contributed by atoms with van der Waals surface area (Å²) in [6.45, 7) is 1.34. The second kappa shape index (κ2) is 6.85. The van der Waals surface area contributed by atoms with Gasteiger partial charge in [0.2, 0.25) is 0 Å². The van der Waals surface area contributed by atoms with Gasteiger partial charge in [-0.25, -0.2) is 9.78 Å². The first-order chi connectivity index (χ1) is 8.82. The molecule has 1 aromatic rings. The minimum absolute atomic E-state index is 0.00152. The van der Waals surface area contributed by atoms with Gasteiger partial charge in [0.1, 0.15) is 11.3 Å². The Morgan fingerprint density at radius 2 is 2.11 bits per heavy atom. The van der Waals surface area contributed by atoms with Crippen molar-refractivity contribution in [2.45, 2.75) is 19.1 Å². The number of aliphatic hydroxyl groups is 2. The number of aromatic carboxylic acids is 1. The highest BCUT2D eigenvalue weighted by Crippen LogP contribution is 2.23. The molecule has 1 aromatic heterocycles. The van der Waals surface area contributed by atoms with E-state index in [9.17, 15) is 19.8 Å². The third kappa shape index (κ3) is 4.46. The van der Waals surface area contributed by atoms with E-state index in [0.29, 0.717) is 0 Å². The van der Waals surface area contributed by atoms with E-state index in [1.807, 2.05) is 0 Å². The molecule has 1 rings (SSSR count). The maximum atomic E-state index is 10.9. The minimum atomic E-state index is -1.34. The van der Waals surface area contributed by atoms with Crippen LogP contribution in [0.4, 0.5) is 0 Å². The molecule has 0 bridgehead atoms. The van der Waals surface area contributed by atoms with Crippen molar-refractivity contribution in [2.24, 2.45) is 0 Å². The van der Waals surface area contributed by atoms with E-state index < -0.39 is 18.2 Å². The van der Waals surface area contributed by atoms with E-state index >= 15 is 0 Å². The second-order valence-electron chi connectivity index (χ2n) is 3.73. The third-order valence-corrected chi connectivity index (χ3v) is 3.47. The van der Waals surface area contributed by atoms with Crippen molar-refractivity contribution >= 4 is 34.4 Å². The number of carbonyl (C=O) groups is 2. The first kappa shape index (κ1) is 15.9. The highest BCUT2D eigenvalue weighted by molar-refractivity contribution is 8.13. The van der Waals surface area contributed by atoms with Gasteiger partial charge >= 0.3 is 5.97 Å². The molecule has 104 valence electrons. The summed E-state index contributed by atoms with van der Waals surface area (Å²) >= 11 is 6.46. The number of hydrogen-bond donors (Lipinski definition) is 3. The number of carbonyl (C=O) groups excluding carboxylic acids is 1. The van der Waals surface area contributed by atoms with Crippen LogP contribution >= 0.6 is 23.4 Å². The number of aliphatic hydroxyl groups excluding tert-OH is 2. The molecular formula is C11H12ClNO5S. The molecule has 0 radical (unpaired) electrons. The SMILES string of the molecule is CC(=O)SCC(O)C(O)c1cnc(Cl)c(C(=O)O)c1. The summed E-state index contributed by atoms with van der Waals surface area (Å²) in [4.78, 5) is 25.3. The molecule has 0 aliphatic heterocycles. The van der Waals surface area contributed by atoms with Gasteiger partial charge in [-0.3, -0.25) is 4.79 Å². The topological polar surface area (TPSA) is 108 Å². The summed E-state index contributed by atoms with van der Waals surface area (Å²) in [7, 11) is 0. The predicted molar refractivity (Wildman–Crippen MR) is 70.3 cm³/mol. The van der Waals surface area contributed by atoms with Crippen molar-refractivity contribution in [1.82, 2.24) is 4.98 Å². The van der Waals surface area contributed by atoms with Gasteiger partial charge in [-0.1, -0.05) is 23.4 Å². The average Bonchev–Trinajstić information content (AvgIpc) is 2.35. The Balaban J connectivity index is 2.87. The van der Waals surface area contributed by atoms with Gasteiger partial charge in [0.25, 0.3) is 0 Å². The Morgan fingerprint density at radius 1 is 1.47 bits per heavy atom. The van der Waals surface area contributed by atoms with Crippen LogP contribution in [0.5, 0.6) is 0 Å². The summed E-state index contributed by atoms with van der Waals surface area (Å²) in [6, 6.07) is 1.14. The normalized spacial score (nSPS) is 13.9. The van der Waals surface area contributed by atoms with E-state index in [2.05, 4.69) is 4.98 Å². The third-order valence-electron chi connectivity index (χ3n) is 2.25. The Hall–Kier alpha value is -1.15. The van der Waals surface area contributed by atoms with Crippen molar-refractivity contribution < 1.29 is 24.9 Å². The molecule has 0 fully saturated rings. The van der Waals surface area contributed by atoms with Crippen LogP contribution in [0.1, 0.15) is 28.9 Å². The Kier molecular flexibility index (Phi) is 5.74. The zero-order chi connectivity index (χ0) is 14.6. The molecule has 3 N–H and O–H groups in total. The number of pyridine rings is 1. The molecular weight excluding hydrogens is 294 g/mol. The minimum Gasteiger partial charge on any atom is -0.478 e.